The summed E-state index contributed by atoms with van der Waals surface area (Å²) in [6.07, 6.45) is -2.63. The van der Waals surface area contributed by atoms with E-state index in [2.05, 4.69) is 20.9 Å². The third-order valence-corrected chi connectivity index (χ3v) is 2.68. The van der Waals surface area contributed by atoms with E-state index in [4.69, 9.17) is 16.3 Å². The monoisotopic (exact) mass is 285 g/mol. The number of hydrogen-bond acceptors (Lipinski definition) is 2. The molecule has 0 saturated carbocycles. The van der Waals surface area contributed by atoms with Gasteiger partial charge in [-0.25, -0.2) is 13.8 Å². The van der Waals surface area contributed by atoms with Crippen molar-refractivity contribution >= 4 is 27.5 Å². The van der Waals surface area contributed by atoms with Gasteiger partial charge in [-0.1, -0.05) is 0 Å². The summed E-state index contributed by atoms with van der Waals surface area (Å²) in [5.74, 6) is 0.364. The number of aromatic nitrogens is 1. The molecule has 78 valence electrons. The second-order valence-corrected chi connectivity index (χ2v) is 3.50. The van der Waals surface area contributed by atoms with Gasteiger partial charge >= 0.3 is 0 Å². The Morgan fingerprint density at radius 3 is 2.71 bits per heavy atom. The predicted octanol–water partition coefficient (Wildman–Crippen LogP) is 3.53. The van der Waals surface area contributed by atoms with E-state index >= 15 is 0 Å². The van der Waals surface area contributed by atoms with Crippen LogP contribution in [0.3, 0.4) is 0 Å². The van der Waals surface area contributed by atoms with E-state index in [-0.39, 0.29) is 11.6 Å². The minimum Gasteiger partial charge on any atom is -0.495 e. The molecule has 0 aliphatic heterocycles. The zero-order valence-electron chi connectivity index (χ0n) is 7.23. The van der Waals surface area contributed by atoms with Crippen molar-refractivity contribution in [2.45, 2.75) is 12.3 Å². The summed E-state index contributed by atoms with van der Waals surface area (Å²) in [5.41, 5.74) is 0.0158. The SMILES string of the molecule is COc1cc(C(F)F)nc(CCl)c1Br. The number of pyridine rings is 1. The zero-order valence-corrected chi connectivity index (χ0v) is 9.57. The summed E-state index contributed by atoms with van der Waals surface area (Å²) in [6, 6.07) is 1.19. The fraction of sp³-hybridized carbons (Fsp3) is 0.375. The predicted molar refractivity (Wildman–Crippen MR) is 53.0 cm³/mol. The van der Waals surface area contributed by atoms with Gasteiger partial charge < -0.3 is 4.74 Å². The normalized spacial score (nSPS) is 10.7. The Balaban J connectivity index is 3.25. The molecule has 1 rings (SSSR count). The molecule has 0 aliphatic rings. The van der Waals surface area contributed by atoms with Crippen LogP contribution in [0.25, 0.3) is 0 Å². The molecule has 2 nitrogen and oxygen atoms in total. The molecule has 0 radical (unpaired) electrons. The van der Waals surface area contributed by atoms with Crippen LogP contribution in [-0.2, 0) is 5.88 Å². The van der Waals surface area contributed by atoms with Gasteiger partial charge in [-0.05, 0) is 15.9 Å². The van der Waals surface area contributed by atoms with Crippen LogP contribution in [0.1, 0.15) is 17.8 Å². The van der Waals surface area contributed by atoms with E-state index in [0.717, 1.165) is 0 Å². The molecule has 0 aliphatic carbocycles. The van der Waals surface area contributed by atoms with Crippen molar-refractivity contribution in [2.75, 3.05) is 7.11 Å². The standard InChI is InChI=1S/C8H7BrClF2NO/c1-14-6-2-4(8(11)12)13-5(3-10)7(6)9/h2,8H,3H2,1H3. The van der Waals surface area contributed by atoms with E-state index in [0.29, 0.717) is 15.9 Å². The second kappa shape index (κ2) is 4.89. The molecule has 0 unspecified atom stereocenters. The molecule has 0 N–H and O–H groups in total. The maximum absolute atomic E-state index is 12.4. The highest BCUT2D eigenvalue weighted by molar-refractivity contribution is 9.10. The van der Waals surface area contributed by atoms with Crippen LogP contribution in [0.2, 0.25) is 0 Å². The van der Waals surface area contributed by atoms with E-state index in [1.54, 1.807) is 0 Å². The summed E-state index contributed by atoms with van der Waals surface area (Å²) in [7, 11) is 1.40. The molecule has 0 saturated heterocycles. The van der Waals surface area contributed by atoms with Crippen LogP contribution >= 0.6 is 27.5 Å². The van der Waals surface area contributed by atoms with Crippen molar-refractivity contribution < 1.29 is 13.5 Å². The summed E-state index contributed by atoms with van der Waals surface area (Å²) >= 11 is 8.71. The van der Waals surface area contributed by atoms with Gasteiger partial charge in [0.25, 0.3) is 6.43 Å². The highest BCUT2D eigenvalue weighted by Gasteiger charge is 2.15. The van der Waals surface area contributed by atoms with Crippen LogP contribution in [0.5, 0.6) is 5.75 Å². The van der Waals surface area contributed by atoms with Crippen LogP contribution in [0.15, 0.2) is 10.5 Å². The lowest BCUT2D eigenvalue weighted by molar-refractivity contribution is 0.145. The Morgan fingerprint density at radius 2 is 2.29 bits per heavy atom. The molecule has 14 heavy (non-hydrogen) atoms. The summed E-state index contributed by atoms with van der Waals surface area (Å²) in [6.45, 7) is 0. The fourth-order valence-electron chi connectivity index (χ4n) is 0.926. The molecule has 0 bridgehead atoms. The fourth-order valence-corrected chi connectivity index (χ4v) is 1.79. The highest BCUT2D eigenvalue weighted by atomic mass is 79.9. The van der Waals surface area contributed by atoms with Gasteiger partial charge in [-0.2, -0.15) is 0 Å². The molecular formula is C8H7BrClF2NO. The van der Waals surface area contributed by atoms with Gasteiger partial charge in [-0.3, -0.25) is 0 Å². The minimum absolute atomic E-state index is 0.0531. The molecule has 0 amide bonds. The number of halogens is 4. The quantitative estimate of drug-likeness (QED) is 0.793. The zero-order chi connectivity index (χ0) is 10.7. The van der Waals surface area contributed by atoms with E-state index in [1.807, 2.05) is 0 Å². The van der Waals surface area contributed by atoms with Crippen LogP contribution < -0.4 is 4.74 Å². The summed E-state index contributed by atoms with van der Waals surface area (Å²) < 4.78 is 30.1. The van der Waals surface area contributed by atoms with Gasteiger partial charge in [-0.15, -0.1) is 11.6 Å². The molecule has 0 spiro atoms. The molecule has 1 heterocycles. The average molecular weight is 287 g/mol. The number of rotatable bonds is 3. The Kier molecular flexibility index (Phi) is 4.07. The van der Waals surface area contributed by atoms with Crippen molar-refractivity contribution in [3.63, 3.8) is 0 Å². The van der Waals surface area contributed by atoms with Crippen LogP contribution in [0.4, 0.5) is 8.78 Å². The Morgan fingerprint density at radius 1 is 1.64 bits per heavy atom. The maximum Gasteiger partial charge on any atom is 0.280 e. The molecule has 1 aromatic heterocycles. The van der Waals surface area contributed by atoms with Gasteiger partial charge in [0.15, 0.2) is 0 Å². The summed E-state index contributed by atoms with van der Waals surface area (Å²) in [5, 5.41) is 0. The molecule has 6 heteroatoms. The largest absolute Gasteiger partial charge is 0.495 e. The first-order chi connectivity index (χ1) is 6.60. The van der Waals surface area contributed by atoms with Crippen molar-refractivity contribution in [2.24, 2.45) is 0 Å². The number of alkyl halides is 3. The van der Waals surface area contributed by atoms with Gasteiger partial charge in [0.2, 0.25) is 0 Å². The van der Waals surface area contributed by atoms with E-state index in [1.165, 1.54) is 13.2 Å². The lowest BCUT2D eigenvalue weighted by atomic mass is 10.3. The molecule has 0 fully saturated rings. The lowest BCUT2D eigenvalue weighted by Gasteiger charge is -2.09. The van der Waals surface area contributed by atoms with E-state index < -0.39 is 6.43 Å². The number of nitrogens with zero attached hydrogens (tertiary/aromatic N) is 1. The van der Waals surface area contributed by atoms with Gasteiger partial charge in [0.05, 0.1) is 23.2 Å². The first-order valence-corrected chi connectivity index (χ1v) is 5.00. The second-order valence-electron chi connectivity index (χ2n) is 2.44. The number of methoxy groups -OCH3 is 1. The topological polar surface area (TPSA) is 22.1 Å². The van der Waals surface area contributed by atoms with Crippen LogP contribution in [-0.4, -0.2) is 12.1 Å². The van der Waals surface area contributed by atoms with Crippen LogP contribution in [0, 0.1) is 0 Å². The number of hydrogen-bond donors (Lipinski definition) is 0. The van der Waals surface area contributed by atoms with Gasteiger partial charge in [0, 0.05) is 6.07 Å². The Hall–Kier alpha value is -0.420. The third-order valence-electron chi connectivity index (χ3n) is 1.58. The average Bonchev–Trinajstić information content (AvgIpc) is 2.17. The van der Waals surface area contributed by atoms with Crippen molar-refractivity contribution in [1.29, 1.82) is 0 Å². The molecular weight excluding hydrogens is 279 g/mol. The maximum atomic E-state index is 12.4. The van der Waals surface area contributed by atoms with Crippen molar-refractivity contribution in [3.05, 3.63) is 21.9 Å². The van der Waals surface area contributed by atoms with Crippen molar-refractivity contribution in [3.8, 4) is 5.75 Å². The first-order valence-electron chi connectivity index (χ1n) is 3.67. The first kappa shape index (κ1) is 11.7. The Labute approximate surface area is 93.4 Å². The Bertz CT molecular complexity index is 310. The number of ether oxygens (including phenoxy) is 1. The molecule has 1 aromatic rings. The van der Waals surface area contributed by atoms with E-state index in [9.17, 15) is 8.78 Å². The van der Waals surface area contributed by atoms with Gasteiger partial charge in [0.1, 0.15) is 11.4 Å². The molecule has 0 atom stereocenters. The highest BCUT2D eigenvalue weighted by Crippen LogP contribution is 2.32. The summed E-state index contributed by atoms with van der Waals surface area (Å²) in [4.78, 5) is 3.69. The third kappa shape index (κ3) is 2.33. The smallest absolute Gasteiger partial charge is 0.280 e. The molecule has 0 aromatic carbocycles. The van der Waals surface area contributed by atoms with Crippen molar-refractivity contribution in [1.82, 2.24) is 4.98 Å². The lowest BCUT2D eigenvalue weighted by Crippen LogP contribution is -1.98. The minimum atomic E-state index is -2.63.